The third kappa shape index (κ3) is 6.57. The molecule has 4 aliphatic heterocycles. The number of piperazine rings is 1. The van der Waals surface area contributed by atoms with E-state index >= 15 is 0 Å². The van der Waals surface area contributed by atoms with E-state index in [1.165, 1.54) is 0 Å². The van der Waals surface area contributed by atoms with E-state index < -0.39 is 23.8 Å². The van der Waals surface area contributed by atoms with Gasteiger partial charge in [-0.3, -0.25) is 44.5 Å². The Morgan fingerprint density at radius 3 is 2.18 bits per heavy atom. The van der Waals surface area contributed by atoms with Gasteiger partial charge in [0.25, 0.3) is 17.7 Å². The van der Waals surface area contributed by atoms with Crippen LogP contribution in [0, 0.1) is 5.92 Å². The Morgan fingerprint density at radius 1 is 0.822 bits per heavy atom. The van der Waals surface area contributed by atoms with Gasteiger partial charge in [0, 0.05) is 75.7 Å². The van der Waals surface area contributed by atoms with Gasteiger partial charge in [0.15, 0.2) is 0 Å². The molecule has 5 amide bonds. The molecule has 3 fully saturated rings. The minimum atomic E-state index is -0.956. The summed E-state index contributed by atoms with van der Waals surface area (Å²) in [5.41, 5.74) is 8.96. The van der Waals surface area contributed by atoms with Gasteiger partial charge in [0.1, 0.15) is 6.04 Å². The van der Waals surface area contributed by atoms with Crippen molar-refractivity contribution in [3.05, 3.63) is 59.2 Å². The Balaban J connectivity index is 0.970. The van der Waals surface area contributed by atoms with Gasteiger partial charge >= 0.3 is 0 Å². The number of carbonyl (C=O) groups is 5. The van der Waals surface area contributed by atoms with E-state index in [0.717, 1.165) is 87.9 Å². The summed E-state index contributed by atoms with van der Waals surface area (Å²) in [5, 5.41) is 2.24. The van der Waals surface area contributed by atoms with Crippen molar-refractivity contribution in [1.29, 1.82) is 0 Å². The number of piperidine rings is 2. The highest BCUT2D eigenvalue weighted by molar-refractivity contribution is 6.23. The normalized spacial score (nSPS) is 21.3. The zero-order chi connectivity index (χ0) is 31.5. The third-order valence-electron chi connectivity index (χ3n) is 9.36. The quantitative estimate of drug-likeness (QED) is 0.219. The first-order valence-electron chi connectivity index (χ1n) is 16.0. The van der Waals surface area contributed by atoms with Gasteiger partial charge < -0.3 is 9.80 Å². The van der Waals surface area contributed by atoms with Gasteiger partial charge in [-0.05, 0) is 74.1 Å². The zero-order valence-electron chi connectivity index (χ0n) is 25.7. The summed E-state index contributed by atoms with van der Waals surface area (Å²) in [5.74, 6) is -1.46. The predicted molar refractivity (Wildman–Crippen MR) is 169 cm³/mol. The maximum absolute atomic E-state index is 13.2. The smallest absolute Gasteiger partial charge is 0.265 e. The molecule has 238 valence electrons. The molecular weight excluding hydrogens is 574 g/mol. The lowest BCUT2D eigenvalue weighted by molar-refractivity contribution is -0.136. The van der Waals surface area contributed by atoms with Gasteiger partial charge in [0.2, 0.25) is 11.8 Å². The molecule has 0 aromatic heterocycles. The molecule has 0 spiro atoms. The number of benzene rings is 2. The molecule has 4 aliphatic rings. The lowest BCUT2D eigenvalue weighted by Gasteiger charge is -2.40. The topological polar surface area (TPSA) is 134 Å². The van der Waals surface area contributed by atoms with Crippen LogP contribution in [0.15, 0.2) is 42.5 Å². The van der Waals surface area contributed by atoms with Crippen LogP contribution in [-0.2, 0) is 9.59 Å². The highest BCUT2D eigenvalue weighted by atomic mass is 16.2. The van der Waals surface area contributed by atoms with Crippen molar-refractivity contribution in [2.75, 3.05) is 62.2 Å². The Hall–Kier alpha value is -4.29. The van der Waals surface area contributed by atoms with Gasteiger partial charge in [0.05, 0.1) is 11.1 Å². The Labute approximate surface area is 263 Å². The van der Waals surface area contributed by atoms with Crippen molar-refractivity contribution >= 4 is 40.9 Å². The van der Waals surface area contributed by atoms with Gasteiger partial charge in [-0.2, -0.15) is 0 Å². The summed E-state index contributed by atoms with van der Waals surface area (Å²) in [7, 11) is 0. The van der Waals surface area contributed by atoms with E-state index in [-0.39, 0.29) is 24.7 Å². The lowest BCUT2D eigenvalue weighted by atomic mass is 9.95. The number of imide groups is 2. The molecule has 1 atom stereocenters. The van der Waals surface area contributed by atoms with E-state index in [2.05, 4.69) is 30.9 Å². The molecule has 1 unspecified atom stereocenters. The van der Waals surface area contributed by atoms with E-state index in [9.17, 15) is 24.0 Å². The van der Waals surface area contributed by atoms with Crippen LogP contribution in [0.4, 0.5) is 11.4 Å². The molecule has 0 saturated carbocycles. The van der Waals surface area contributed by atoms with Crippen LogP contribution in [0.2, 0.25) is 0 Å². The minimum absolute atomic E-state index is 0.103. The summed E-state index contributed by atoms with van der Waals surface area (Å²) >= 11 is 0. The fourth-order valence-electron chi connectivity index (χ4n) is 6.75. The minimum Gasteiger partial charge on any atom is -0.371 e. The second kappa shape index (κ2) is 13.4. The SMILES string of the molecule is CCCNNC(=O)c1ccc(N2CCN(CC3CCN(c4ccc5c(c4)C(=O)N(C4CCC(=O)NC4=O)C5=O)CC3)CC2)cc1. The maximum atomic E-state index is 13.2. The maximum Gasteiger partial charge on any atom is 0.265 e. The van der Waals surface area contributed by atoms with E-state index in [0.29, 0.717) is 22.6 Å². The van der Waals surface area contributed by atoms with Gasteiger partial charge in [-0.25, -0.2) is 5.43 Å². The largest absolute Gasteiger partial charge is 0.371 e. The van der Waals surface area contributed by atoms with Gasteiger partial charge in [-0.1, -0.05) is 6.92 Å². The molecule has 3 saturated heterocycles. The number of fused-ring (bicyclic) bond motifs is 1. The molecule has 6 rings (SSSR count). The van der Waals surface area contributed by atoms with Crippen LogP contribution >= 0.6 is 0 Å². The molecule has 12 heteroatoms. The third-order valence-corrected chi connectivity index (χ3v) is 9.36. The molecule has 12 nitrogen and oxygen atoms in total. The monoisotopic (exact) mass is 615 g/mol. The number of amides is 5. The van der Waals surface area contributed by atoms with Crippen molar-refractivity contribution in [2.24, 2.45) is 5.92 Å². The molecule has 3 N–H and O–H groups in total. The summed E-state index contributed by atoms with van der Waals surface area (Å²) in [6.45, 7) is 9.46. The number of hydrazine groups is 1. The standard InChI is InChI=1S/C33H41N7O5/c1-2-13-34-36-30(42)23-3-5-24(6-4-23)39-18-16-37(17-19-39)21-22-11-14-38(15-12-22)25-7-8-26-27(20-25)33(45)40(32(26)44)28-9-10-29(41)35-31(28)43/h3-8,20,22,28,34H,2,9-19,21H2,1H3,(H,36,42)(H,35,41,43). The van der Waals surface area contributed by atoms with Gasteiger partial charge in [-0.15, -0.1) is 0 Å². The molecule has 0 bridgehead atoms. The Morgan fingerprint density at radius 2 is 1.49 bits per heavy atom. The van der Waals surface area contributed by atoms with Crippen LogP contribution in [0.1, 0.15) is 70.1 Å². The van der Waals surface area contributed by atoms with Crippen molar-refractivity contribution in [1.82, 2.24) is 26.0 Å². The lowest BCUT2D eigenvalue weighted by Crippen LogP contribution is -2.54. The van der Waals surface area contributed by atoms with E-state index in [4.69, 9.17) is 0 Å². The van der Waals surface area contributed by atoms with Crippen molar-refractivity contribution in [3.8, 4) is 0 Å². The first-order valence-corrected chi connectivity index (χ1v) is 16.0. The number of nitrogens with one attached hydrogen (secondary N) is 3. The average molecular weight is 616 g/mol. The number of nitrogens with zero attached hydrogens (tertiary/aromatic N) is 4. The van der Waals surface area contributed by atoms with Crippen molar-refractivity contribution in [3.63, 3.8) is 0 Å². The number of anilines is 2. The van der Waals surface area contributed by atoms with E-state index in [1.807, 2.05) is 37.3 Å². The summed E-state index contributed by atoms with van der Waals surface area (Å²) in [6.07, 6.45) is 3.29. The second-order valence-electron chi connectivity index (χ2n) is 12.3. The highest BCUT2D eigenvalue weighted by Gasteiger charge is 2.44. The van der Waals surface area contributed by atoms with E-state index in [1.54, 1.807) is 12.1 Å². The van der Waals surface area contributed by atoms with Crippen molar-refractivity contribution < 1.29 is 24.0 Å². The van der Waals surface area contributed by atoms with Crippen LogP contribution < -0.4 is 26.0 Å². The first kappa shape index (κ1) is 30.7. The molecule has 4 heterocycles. The highest BCUT2D eigenvalue weighted by Crippen LogP contribution is 2.32. The number of hydrogen-bond acceptors (Lipinski definition) is 9. The predicted octanol–water partition coefficient (Wildman–Crippen LogP) is 1.77. The fraction of sp³-hybridized carbons (Fsp3) is 0.485. The van der Waals surface area contributed by atoms with Crippen molar-refractivity contribution in [2.45, 2.75) is 45.1 Å². The number of rotatable bonds is 9. The van der Waals surface area contributed by atoms with Crippen LogP contribution in [0.3, 0.4) is 0 Å². The van der Waals surface area contributed by atoms with Crippen LogP contribution in [-0.4, -0.2) is 97.7 Å². The summed E-state index contributed by atoms with van der Waals surface area (Å²) in [6, 6.07) is 12.2. The number of hydrogen-bond donors (Lipinski definition) is 3. The van der Waals surface area contributed by atoms with Crippen LogP contribution in [0.5, 0.6) is 0 Å². The molecule has 0 aliphatic carbocycles. The first-order chi connectivity index (χ1) is 21.8. The molecule has 0 radical (unpaired) electrons. The fourth-order valence-corrected chi connectivity index (χ4v) is 6.75. The Kier molecular flexibility index (Phi) is 9.13. The molecule has 2 aromatic rings. The average Bonchev–Trinajstić information content (AvgIpc) is 3.30. The molecule has 2 aromatic carbocycles. The second-order valence-corrected chi connectivity index (χ2v) is 12.3. The Bertz CT molecular complexity index is 1460. The zero-order valence-corrected chi connectivity index (χ0v) is 25.7. The summed E-state index contributed by atoms with van der Waals surface area (Å²) < 4.78 is 0. The summed E-state index contributed by atoms with van der Waals surface area (Å²) in [4.78, 5) is 70.6. The molecular formula is C33H41N7O5. The van der Waals surface area contributed by atoms with Crippen LogP contribution in [0.25, 0.3) is 0 Å². The number of carbonyl (C=O) groups excluding carboxylic acids is 5. The molecule has 45 heavy (non-hydrogen) atoms.